The molecule has 0 fully saturated rings. The van der Waals surface area contributed by atoms with Crippen LogP contribution >= 0.6 is 11.3 Å². The van der Waals surface area contributed by atoms with Gasteiger partial charge in [0.1, 0.15) is 11.6 Å². The van der Waals surface area contributed by atoms with Crippen molar-refractivity contribution in [3.8, 4) is 0 Å². The van der Waals surface area contributed by atoms with E-state index in [9.17, 15) is 8.78 Å². The molecule has 5 heteroatoms. The summed E-state index contributed by atoms with van der Waals surface area (Å²) in [7, 11) is 1.75. The number of halogens is 2. The Kier molecular flexibility index (Phi) is 3.81. The lowest BCUT2D eigenvalue weighted by atomic mass is 10.0. The molecule has 0 radical (unpaired) electrons. The zero-order valence-electron chi connectivity index (χ0n) is 9.28. The molecule has 1 aromatic heterocycles. The van der Waals surface area contributed by atoms with Crippen LogP contribution in [0.2, 0.25) is 0 Å². The number of likely N-dealkylation sites (N-methyl/N-ethyl adjacent to an activating group) is 1. The van der Waals surface area contributed by atoms with Crippen molar-refractivity contribution in [1.82, 2.24) is 10.3 Å². The Bertz CT molecular complexity index is 485. The highest BCUT2D eigenvalue weighted by Gasteiger charge is 2.16. The zero-order chi connectivity index (χ0) is 12.3. The molecule has 0 spiro atoms. The van der Waals surface area contributed by atoms with E-state index in [-0.39, 0.29) is 6.04 Å². The first-order valence-corrected chi connectivity index (χ1v) is 6.09. The topological polar surface area (TPSA) is 24.9 Å². The van der Waals surface area contributed by atoms with Gasteiger partial charge in [0.25, 0.3) is 0 Å². The number of hydrogen-bond acceptors (Lipinski definition) is 3. The second kappa shape index (κ2) is 5.33. The molecule has 0 aliphatic heterocycles. The van der Waals surface area contributed by atoms with Gasteiger partial charge in [0.05, 0.1) is 5.01 Å². The average molecular weight is 254 g/mol. The number of nitrogens with one attached hydrogen (secondary N) is 1. The molecule has 1 heterocycles. The molecular weight excluding hydrogens is 242 g/mol. The SMILES string of the molecule is CNC(Cc1nccs1)c1ccc(F)cc1F. The minimum absolute atomic E-state index is 0.193. The second-order valence-corrected chi connectivity index (χ2v) is 4.62. The molecule has 1 aromatic carbocycles. The van der Waals surface area contributed by atoms with Crippen molar-refractivity contribution >= 4 is 11.3 Å². The van der Waals surface area contributed by atoms with Crippen LogP contribution in [0.1, 0.15) is 16.6 Å². The van der Waals surface area contributed by atoms with Crippen LogP contribution in [0.25, 0.3) is 0 Å². The monoisotopic (exact) mass is 254 g/mol. The fourth-order valence-corrected chi connectivity index (χ4v) is 2.34. The molecule has 0 aliphatic rings. The van der Waals surface area contributed by atoms with Gasteiger partial charge in [-0.25, -0.2) is 13.8 Å². The summed E-state index contributed by atoms with van der Waals surface area (Å²) in [5.74, 6) is -1.09. The maximum atomic E-state index is 13.6. The molecule has 0 bridgehead atoms. The molecule has 1 atom stereocenters. The molecule has 0 aliphatic carbocycles. The van der Waals surface area contributed by atoms with E-state index >= 15 is 0 Å². The minimum atomic E-state index is -0.560. The van der Waals surface area contributed by atoms with Gasteiger partial charge in [-0.15, -0.1) is 11.3 Å². The van der Waals surface area contributed by atoms with Gasteiger partial charge < -0.3 is 5.32 Å². The first kappa shape index (κ1) is 12.1. The number of nitrogens with zero attached hydrogens (tertiary/aromatic N) is 1. The molecule has 2 nitrogen and oxygen atoms in total. The van der Waals surface area contributed by atoms with Gasteiger partial charge in [-0.2, -0.15) is 0 Å². The van der Waals surface area contributed by atoms with Crippen LogP contribution in [0.4, 0.5) is 8.78 Å². The summed E-state index contributed by atoms with van der Waals surface area (Å²) in [6, 6.07) is 3.45. The van der Waals surface area contributed by atoms with E-state index in [1.54, 1.807) is 13.2 Å². The fraction of sp³-hybridized carbons (Fsp3) is 0.250. The lowest BCUT2D eigenvalue weighted by molar-refractivity contribution is 0.521. The zero-order valence-corrected chi connectivity index (χ0v) is 10.1. The van der Waals surface area contributed by atoms with Crippen molar-refractivity contribution < 1.29 is 8.78 Å². The van der Waals surface area contributed by atoms with Gasteiger partial charge in [-0.3, -0.25) is 0 Å². The molecule has 90 valence electrons. The normalized spacial score (nSPS) is 12.6. The van der Waals surface area contributed by atoms with Crippen LogP contribution in [-0.4, -0.2) is 12.0 Å². The van der Waals surface area contributed by atoms with E-state index in [0.29, 0.717) is 12.0 Å². The lowest BCUT2D eigenvalue weighted by Crippen LogP contribution is -2.20. The predicted molar refractivity (Wildman–Crippen MR) is 64.0 cm³/mol. The highest BCUT2D eigenvalue weighted by Crippen LogP contribution is 2.22. The molecular formula is C12H12F2N2S. The fourth-order valence-electron chi connectivity index (χ4n) is 1.68. The third-order valence-electron chi connectivity index (χ3n) is 2.55. The van der Waals surface area contributed by atoms with E-state index < -0.39 is 11.6 Å². The van der Waals surface area contributed by atoms with Crippen molar-refractivity contribution in [2.24, 2.45) is 0 Å². The molecule has 1 unspecified atom stereocenters. The third kappa shape index (κ3) is 2.87. The van der Waals surface area contributed by atoms with Crippen LogP contribution in [0.3, 0.4) is 0 Å². The van der Waals surface area contributed by atoms with Gasteiger partial charge in [0.15, 0.2) is 0 Å². The van der Waals surface area contributed by atoms with Gasteiger partial charge in [-0.05, 0) is 13.1 Å². The molecule has 2 aromatic rings. The predicted octanol–water partition coefficient (Wildman–Crippen LogP) is 2.92. The van der Waals surface area contributed by atoms with E-state index in [1.165, 1.54) is 23.5 Å². The molecule has 0 saturated heterocycles. The highest BCUT2D eigenvalue weighted by atomic mass is 32.1. The molecule has 17 heavy (non-hydrogen) atoms. The van der Waals surface area contributed by atoms with Crippen LogP contribution < -0.4 is 5.32 Å². The van der Waals surface area contributed by atoms with E-state index in [2.05, 4.69) is 10.3 Å². The van der Waals surface area contributed by atoms with Gasteiger partial charge in [0.2, 0.25) is 0 Å². The Morgan fingerprint density at radius 1 is 1.41 bits per heavy atom. The summed E-state index contributed by atoms with van der Waals surface area (Å²) >= 11 is 1.52. The lowest BCUT2D eigenvalue weighted by Gasteiger charge is -2.16. The second-order valence-electron chi connectivity index (χ2n) is 3.64. The maximum Gasteiger partial charge on any atom is 0.130 e. The molecule has 0 saturated carbocycles. The van der Waals surface area contributed by atoms with Gasteiger partial charge in [-0.1, -0.05) is 6.07 Å². The number of rotatable bonds is 4. The Balaban J connectivity index is 2.23. The highest BCUT2D eigenvalue weighted by molar-refractivity contribution is 7.09. The van der Waals surface area contributed by atoms with Crippen LogP contribution in [0.5, 0.6) is 0 Å². The Labute approximate surface area is 102 Å². The summed E-state index contributed by atoms with van der Waals surface area (Å²) in [4.78, 5) is 4.16. The first-order valence-electron chi connectivity index (χ1n) is 5.21. The van der Waals surface area contributed by atoms with E-state index in [0.717, 1.165) is 11.1 Å². The summed E-state index contributed by atoms with van der Waals surface area (Å²) in [5.41, 5.74) is 0.462. The standard InChI is InChI=1S/C12H12F2N2S/c1-15-11(7-12-16-4-5-17-12)9-3-2-8(13)6-10(9)14/h2-6,11,15H,7H2,1H3. The third-order valence-corrected chi connectivity index (χ3v) is 3.35. The minimum Gasteiger partial charge on any atom is -0.313 e. The van der Waals surface area contributed by atoms with Gasteiger partial charge in [0, 0.05) is 35.7 Å². The number of benzene rings is 1. The number of aromatic nitrogens is 1. The van der Waals surface area contributed by atoms with Crippen molar-refractivity contribution in [3.05, 3.63) is 52.0 Å². The number of hydrogen-bond donors (Lipinski definition) is 1. The Hall–Kier alpha value is -1.33. The largest absolute Gasteiger partial charge is 0.313 e. The summed E-state index contributed by atoms with van der Waals surface area (Å²) in [5, 5.41) is 5.82. The average Bonchev–Trinajstić information content (AvgIpc) is 2.79. The van der Waals surface area contributed by atoms with Gasteiger partial charge >= 0.3 is 0 Å². The Morgan fingerprint density at radius 2 is 2.24 bits per heavy atom. The number of thiazole rings is 1. The maximum absolute atomic E-state index is 13.6. The van der Waals surface area contributed by atoms with E-state index in [1.807, 2.05) is 5.38 Å². The smallest absolute Gasteiger partial charge is 0.130 e. The van der Waals surface area contributed by atoms with Crippen LogP contribution in [0, 0.1) is 11.6 Å². The van der Waals surface area contributed by atoms with Crippen molar-refractivity contribution in [2.45, 2.75) is 12.5 Å². The van der Waals surface area contributed by atoms with Crippen molar-refractivity contribution in [3.63, 3.8) is 0 Å². The Morgan fingerprint density at radius 3 is 2.82 bits per heavy atom. The van der Waals surface area contributed by atoms with Crippen LogP contribution in [-0.2, 0) is 6.42 Å². The first-order chi connectivity index (χ1) is 8.20. The summed E-state index contributed by atoms with van der Waals surface area (Å²) in [6.45, 7) is 0. The molecule has 2 rings (SSSR count). The van der Waals surface area contributed by atoms with Crippen molar-refractivity contribution in [2.75, 3.05) is 7.05 Å². The van der Waals surface area contributed by atoms with E-state index in [4.69, 9.17) is 0 Å². The molecule has 1 N–H and O–H groups in total. The van der Waals surface area contributed by atoms with Crippen molar-refractivity contribution in [1.29, 1.82) is 0 Å². The summed E-state index contributed by atoms with van der Waals surface area (Å²) in [6.07, 6.45) is 2.31. The van der Waals surface area contributed by atoms with Crippen LogP contribution in [0.15, 0.2) is 29.8 Å². The quantitative estimate of drug-likeness (QED) is 0.907. The molecule has 0 amide bonds. The summed E-state index contributed by atoms with van der Waals surface area (Å²) < 4.78 is 26.4.